The van der Waals surface area contributed by atoms with Crippen LogP contribution in [0.5, 0.6) is 0 Å². The number of carboxylic acids is 1. The zero-order valence-corrected chi connectivity index (χ0v) is 11.7. The summed E-state index contributed by atoms with van der Waals surface area (Å²) in [7, 11) is 4.00. The number of imidazole rings is 1. The summed E-state index contributed by atoms with van der Waals surface area (Å²) in [6, 6.07) is 5.17. The molecule has 0 saturated carbocycles. The van der Waals surface area contributed by atoms with E-state index in [2.05, 4.69) is 9.88 Å². The number of aromatic carboxylic acids is 1. The van der Waals surface area contributed by atoms with Crippen molar-refractivity contribution in [2.24, 2.45) is 0 Å². The number of benzene rings is 1. The number of carboxylic acid groups (broad SMARTS) is 1. The van der Waals surface area contributed by atoms with Gasteiger partial charge in [-0.15, -0.1) is 0 Å². The Morgan fingerprint density at radius 1 is 1.40 bits per heavy atom. The molecule has 1 heterocycles. The van der Waals surface area contributed by atoms with Crippen molar-refractivity contribution in [3.63, 3.8) is 0 Å². The first-order valence-corrected chi connectivity index (χ1v) is 6.49. The summed E-state index contributed by atoms with van der Waals surface area (Å²) < 4.78 is 7.45. The Balaban J connectivity index is 2.01. The highest BCUT2D eigenvalue weighted by Gasteiger charge is 2.11. The van der Waals surface area contributed by atoms with Crippen LogP contribution in [0.2, 0.25) is 0 Å². The maximum atomic E-state index is 11.1. The largest absolute Gasteiger partial charge is 0.478 e. The predicted molar refractivity (Wildman–Crippen MR) is 76.1 cm³/mol. The van der Waals surface area contributed by atoms with Crippen molar-refractivity contribution >= 4 is 17.0 Å². The van der Waals surface area contributed by atoms with Gasteiger partial charge in [0.05, 0.1) is 30.6 Å². The molecule has 0 bridgehead atoms. The smallest absolute Gasteiger partial charge is 0.337 e. The Labute approximate surface area is 117 Å². The molecule has 6 nitrogen and oxygen atoms in total. The molecule has 2 aromatic rings. The van der Waals surface area contributed by atoms with Gasteiger partial charge < -0.3 is 19.3 Å². The molecule has 1 aromatic heterocycles. The van der Waals surface area contributed by atoms with E-state index in [0.29, 0.717) is 25.3 Å². The number of para-hydroxylation sites is 1. The molecule has 1 N–H and O–H groups in total. The number of nitrogens with zero attached hydrogens (tertiary/aromatic N) is 3. The van der Waals surface area contributed by atoms with E-state index in [0.717, 1.165) is 12.1 Å². The lowest BCUT2D eigenvalue weighted by Crippen LogP contribution is -2.19. The highest BCUT2D eigenvalue weighted by molar-refractivity contribution is 6.00. The van der Waals surface area contributed by atoms with E-state index in [9.17, 15) is 4.79 Å². The van der Waals surface area contributed by atoms with E-state index >= 15 is 0 Å². The Kier molecular flexibility index (Phi) is 4.70. The number of carbonyl (C=O) groups is 1. The van der Waals surface area contributed by atoms with Crippen molar-refractivity contribution in [3.8, 4) is 0 Å². The number of fused-ring (bicyclic) bond motifs is 1. The molecule has 20 heavy (non-hydrogen) atoms. The summed E-state index contributed by atoms with van der Waals surface area (Å²) in [5.74, 6) is -0.955. The number of aromatic nitrogens is 2. The summed E-state index contributed by atoms with van der Waals surface area (Å²) in [5.41, 5.74) is 1.57. The molecule has 1 aromatic carbocycles. The molecular formula is C14H19N3O3. The van der Waals surface area contributed by atoms with Gasteiger partial charge in [0.1, 0.15) is 5.52 Å². The summed E-state index contributed by atoms with van der Waals surface area (Å²) in [5, 5.41) is 9.11. The molecule has 0 radical (unpaired) electrons. The summed E-state index contributed by atoms with van der Waals surface area (Å²) in [6.45, 7) is 2.80. The third-order valence-electron chi connectivity index (χ3n) is 3.04. The quantitative estimate of drug-likeness (QED) is 0.773. The molecule has 0 aliphatic heterocycles. The first-order valence-electron chi connectivity index (χ1n) is 6.49. The van der Waals surface area contributed by atoms with Gasteiger partial charge in [0.15, 0.2) is 0 Å². The Morgan fingerprint density at radius 2 is 2.20 bits per heavy atom. The highest BCUT2D eigenvalue weighted by atomic mass is 16.5. The number of rotatable bonds is 7. The molecule has 0 unspecified atom stereocenters. The SMILES string of the molecule is CN(C)CCOCCn1cnc2c(C(=O)O)cccc21. The van der Waals surface area contributed by atoms with Crippen molar-refractivity contribution in [3.05, 3.63) is 30.1 Å². The molecule has 108 valence electrons. The molecule has 0 saturated heterocycles. The van der Waals surface area contributed by atoms with Crippen molar-refractivity contribution in [1.82, 2.24) is 14.5 Å². The lowest BCUT2D eigenvalue weighted by molar-refractivity contribution is 0.0699. The summed E-state index contributed by atoms with van der Waals surface area (Å²) in [6.07, 6.45) is 1.66. The van der Waals surface area contributed by atoms with E-state index in [1.165, 1.54) is 0 Å². The van der Waals surface area contributed by atoms with Gasteiger partial charge in [0.2, 0.25) is 0 Å². The number of likely N-dealkylation sites (N-methyl/N-ethyl adjacent to an activating group) is 1. The lowest BCUT2D eigenvalue weighted by atomic mass is 10.2. The van der Waals surface area contributed by atoms with Gasteiger partial charge in [-0.05, 0) is 26.2 Å². The van der Waals surface area contributed by atoms with Crippen LogP contribution in [0.4, 0.5) is 0 Å². The van der Waals surface area contributed by atoms with Crippen LogP contribution in [0.25, 0.3) is 11.0 Å². The highest BCUT2D eigenvalue weighted by Crippen LogP contribution is 2.17. The van der Waals surface area contributed by atoms with Crippen molar-refractivity contribution in [2.45, 2.75) is 6.54 Å². The molecule has 0 aliphatic carbocycles. The monoisotopic (exact) mass is 277 g/mol. The molecule has 2 rings (SSSR count). The maximum absolute atomic E-state index is 11.1. The Morgan fingerprint density at radius 3 is 2.90 bits per heavy atom. The second kappa shape index (κ2) is 6.49. The number of hydrogen-bond acceptors (Lipinski definition) is 4. The van der Waals surface area contributed by atoms with E-state index < -0.39 is 5.97 Å². The fraction of sp³-hybridized carbons (Fsp3) is 0.429. The third-order valence-corrected chi connectivity index (χ3v) is 3.04. The Hall–Kier alpha value is -1.92. The summed E-state index contributed by atoms with van der Waals surface area (Å²) in [4.78, 5) is 17.4. The van der Waals surface area contributed by atoms with Gasteiger partial charge in [-0.3, -0.25) is 0 Å². The second-order valence-corrected chi connectivity index (χ2v) is 4.83. The fourth-order valence-corrected chi connectivity index (χ4v) is 1.95. The Bertz CT molecular complexity index is 592. The van der Waals surface area contributed by atoms with E-state index in [1.54, 1.807) is 18.5 Å². The first-order chi connectivity index (χ1) is 9.59. The maximum Gasteiger partial charge on any atom is 0.337 e. The van der Waals surface area contributed by atoms with Crippen LogP contribution in [-0.4, -0.2) is 59.4 Å². The normalized spacial score (nSPS) is 11.3. The molecule has 0 atom stereocenters. The molecule has 0 fully saturated rings. The van der Waals surface area contributed by atoms with Crippen LogP contribution >= 0.6 is 0 Å². The standard InChI is InChI=1S/C14H19N3O3/c1-16(2)6-8-20-9-7-17-10-15-13-11(14(18)19)4-3-5-12(13)17/h3-5,10H,6-9H2,1-2H3,(H,18,19). The number of ether oxygens (including phenoxy) is 1. The second-order valence-electron chi connectivity index (χ2n) is 4.83. The zero-order valence-electron chi connectivity index (χ0n) is 11.7. The van der Waals surface area contributed by atoms with Gasteiger partial charge in [0, 0.05) is 13.1 Å². The van der Waals surface area contributed by atoms with Gasteiger partial charge in [-0.1, -0.05) is 6.07 Å². The zero-order chi connectivity index (χ0) is 14.5. The minimum absolute atomic E-state index is 0.231. The van der Waals surface area contributed by atoms with Crippen LogP contribution in [0.15, 0.2) is 24.5 Å². The first kappa shape index (κ1) is 14.5. The average Bonchev–Trinajstić information content (AvgIpc) is 2.81. The van der Waals surface area contributed by atoms with Crippen LogP contribution in [-0.2, 0) is 11.3 Å². The fourth-order valence-electron chi connectivity index (χ4n) is 1.95. The number of hydrogen-bond donors (Lipinski definition) is 1. The predicted octanol–water partition coefficient (Wildman–Crippen LogP) is 1.31. The summed E-state index contributed by atoms with van der Waals surface area (Å²) >= 11 is 0. The van der Waals surface area contributed by atoms with Crippen LogP contribution in [0, 0.1) is 0 Å². The molecule has 0 amide bonds. The van der Waals surface area contributed by atoms with Gasteiger partial charge in [-0.25, -0.2) is 9.78 Å². The molecule has 0 spiro atoms. The topological polar surface area (TPSA) is 67.6 Å². The van der Waals surface area contributed by atoms with Gasteiger partial charge in [-0.2, -0.15) is 0 Å². The van der Waals surface area contributed by atoms with Crippen LogP contribution < -0.4 is 0 Å². The third kappa shape index (κ3) is 3.34. The minimum atomic E-state index is -0.955. The molecular weight excluding hydrogens is 258 g/mol. The van der Waals surface area contributed by atoms with E-state index in [1.807, 2.05) is 24.7 Å². The van der Waals surface area contributed by atoms with Crippen LogP contribution in [0.3, 0.4) is 0 Å². The van der Waals surface area contributed by atoms with Crippen LogP contribution in [0.1, 0.15) is 10.4 Å². The van der Waals surface area contributed by atoms with Crippen molar-refractivity contribution in [2.75, 3.05) is 33.9 Å². The molecule has 6 heteroatoms. The molecule has 0 aliphatic rings. The van der Waals surface area contributed by atoms with E-state index in [-0.39, 0.29) is 5.56 Å². The lowest BCUT2D eigenvalue weighted by Gasteiger charge is -2.10. The van der Waals surface area contributed by atoms with Gasteiger partial charge in [0.25, 0.3) is 0 Å². The average molecular weight is 277 g/mol. The van der Waals surface area contributed by atoms with E-state index in [4.69, 9.17) is 9.84 Å². The van der Waals surface area contributed by atoms with Gasteiger partial charge >= 0.3 is 5.97 Å². The minimum Gasteiger partial charge on any atom is -0.478 e. The van der Waals surface area contributed by atoms with Crippen molar-refractivity contribution < 1.29 is 14.6 Å². The van der Waals surface area contributed by atoms with Crippen molar-refractivity contribution in [1.29, 1.82) is 0 Å².